The van der Waals surface area contributed by atoms with Crippen molar-refractivity contribution in [3.8, 4) is 5.75 Å². The molecule has 0 radical (unpaired) electrons. The number of ether oxygens (including phenoxy) is 1. The maximum absolute atomic E-state index is 12.2. The molecule has 0 N–H and O–H groups in total. The maximum atomic E-state index is 12.2. The second-order valence-electron chi connectivity index (χ2n) is 2.12. The molecule has 0 spiro atoms. The van der Waals surface area contributed by atoms with Crippen LogP contribution in [-0.4, -0.2) is 5.57 Å². The summed E-state index contributed by atoms with van der Waals surface area (Å²) in [5, 5.41) is 0. The molecule has 0 aliphatic rings. The summed E-state index contributed by atoms with van der Waals surface area (Å²) < 4.78 is 29.8. The van der Waals surface area contributed by atoms with Gasteiger partial charge in [0.25, 0.3) is 0 Å². The van der Waals surface area contributed by atoms with E-state index in [1.54, 1.807) is 6.07 Å². The molecular weight excluding hydrogens is 333 g/mol. The molecule has 72 valence electrons. The summed E-state index contributed by atoms with van der Waals surface area (Å²) in [6, 6.07) is 4.34. The first-order valence-electron chi connectivity index (χ1n) is 3.09. The van der Waals surface area contributed by atoms with E-state index in [-0.39, 0.29) is 5.75 Å². The highest BCUT2D eigenvalue weighted by atomic mass is 79.9. The third kappa shape index (κ3) is 3.79. The molecule has 0 bridgehead atoms. The minimum Gasteiger partial charge on any atom is -0.420 e. The Morgan fingerprint density at radius 3 is 2.31 bits per heavy atom. The predicted molar refractivity (Wildman–Crippen MR) is 53.3 cm³/mol. The molecule has 0 aliphatic carbocycles. The van der Waals surface area contributed by atoms with Crippen molar-refractivity contribution in [3.05, 3.63) is 27.1 Å². The fourth-order valence-corrected chi connectivity index (χ4v) is 1.37. The van der Waals surface area contributed by atoms with E-state index in [1.165, 1.54) is 12.1 Å². The lowest BCUT2D eigenvalue weighted by Gasteiger charge is -2.10. The second kappa shape index (κ2) is 4.11. The highest BCUT2D eigenvalue weighted by molar-refractivity contribution is 9.13. The van der Waals surface area contributed by atoms with Gasteiger partial charge in [-0.25, -0.2) is 0 Å². The van der Waals surface area contributed by atoms with Gasteiger partial charge < -0.3 is 4.74 Å². The van der Waals surface area contributed by atoms with E-state index < -0.39 is 5.57 Å². The van der Waals surface area contributed by atoms with Crippen LogP contribution in [0.1, 0.15) is 0 Å². The van der Waals surface area contributed by atoms with Crippen LogP contribution >= 0.6 is 43.5 Å². The van der Waals surface area contributed by atoms with E-state index in [0.717, 1.165) is 4.47 Å². The van der Waals surface area contributed by atoms with Gasteiger partial charge in [-0.1, -0.05) is 0 Å². The zero-order chi connectivity index (χ0) is 10.1. The lowest BCUT2D eigenvalue weighted by molar-refractivity contribution is -0.0965. The maximum Gasteiger partial charge on any atom is 0.487 e. The van der Waals surface area contributed by atoms with E-state index in [2.05, 4.69) is 48.2 Å². The number of halogens is 5. The Hall–Kier alpha value is 0.130. The van der Waals surface area contributed by atoms with Crippen molar-refractivity contribution in [1.82, 2.24) is 0 Å². The van der Waals surface area contributed by atoms with Gasteiger partial charge in [0, 0.05) is 20.5 Å². The SMILES string of the molecule is FC(F)(Cl)Oc1ccc(Br)c(Br)c1. The van der Waals surface area contributed by atoms with Crippen LogP contribution in [0.3, 0.4) is 0 Å². The van der Waals surface area contributed by atoms with Crippen molar-refractivity contribution >= 4 is 43.5 Å². The largest absolute Gasteiger partial charge is 0.487 e. The number of benzene rings is 1. The summed E-state index contributed by atoms with van der Waals surface area (Å²) in [7, 11) is 0. The van der Waals surface area contributed by atoms with E-state index in [0.29, 0.717) is 4.47 Å². The Labute approximate surface area is 95.3 Å². The molecule has 0 aliphatic heterocycles. The number of alkyl halides is 3. The molecule has 1 rings (SSSR count). The Bertz CT molecular complexity index is 314. The van der Waals surface area contributed by atoms with E-state index in [4.69, 9.17) is 0 Å². The topological polar surface area (TPSA) is 9.23 Å². The average Bonchev–Trinajstić information content (AvgIpc) is 1.94. The quantitative estimate of drug-likeness (QED) is 0.728. The van der Waals surface area contributed by atoms with Gasteiger partial charge in [0.15, 0.2) is 0 Å². The highest BCUT2D eigenvalue weighted by Crippen LogP contribution is 2.31. The number of hydrogen-bond donors (Lipinski definition) is 0. The van der Waals surface area contributed by atoms with E-state index in [1.807, 2.05) is 0 Å². The molecule has 6 heteroatoms. The predicted octanol–water partition coefficient (Wildman–Crippen LogP) is 4.38. The summed E-state index contributed by atoms with van der Waals surface area (Å²) in [6.07, 6.45) is 0. The van der Waals surface area contributed by atoms with Crippen LogP contribution in [0.2, 0.25) is 0 Å². The monoisotopic (exact) mass is 334 g/mol. The molecule has 0 atom stereocenters. The molecule has 1 nitrogen and oxygen atoms in total. The van der Waals surface area contributed by atoms with Crippen LogP contribution in [0.15, 0.2) is 27.1 Å². The average molecular weight is 336 g/mol. The number of rotatable bonds is 2. The standard InChI is InChI=1S/C7H3Br2ClF2O/c8-5-2-1-4(3-6(5)9)13-7(10,11)12/h1-3H. The molecule has 0 amide bonds. The molecule has 0 saturated carbocycles. The first-order chi connectivity index (χ1) is 5.88. The molecule has 13 heavy (non-hydrogen) atoms. The van der Waals surface area contributed by atoms with Crippen molar-refractivity contribution in [3.63, 3.8) is 0 Å². The molecule has 0 fully saturated rings. The van der Waals surface area contributed by atoms with Crippen molar-refractivity contribution in [1.29, 1.82) is 0 Å². The van der Waals surface area contributed by atoms with Crippen molar-refractivity contribution in [2.45, 2.75) is 5.57 Å². The zero-order valence-electron chi connectivity index (χ0n) is 6.03. The Morgan fingerprint density at radius 2 is 1.85 bits per heavy atom. The van der Waals surface area contributed by atoms with Crippen molar-refractivity contribution < 1.29 is 13.5 Å². The normalized spacial score (nSPS) is 11.5. The summed E-state index contributed by atoms with van der Waals surface area (Å²) >= 11 is 10.9. The second-order valence-corrected chi connectivity index (χ2v) is 4.27. The zero-order valence-corrected chi connectivity index (χ0v) is 9.96. The smallest absolute Gasteiger partial charge is 0.420 e. The minimum absolute atomic E-state index is 0.00456. The van der Waals surface area contributed by atoms with Crippen LogP contribution in [0.5, 0.6) is 5.75 Å². The van der Waals surface area contributed by atoms with E-state index >= 15 is 0 Å². The molecular formula is C7H3Br2ClF2O. The Balaban J connectivity index is 2.86. The lowest BCUT2D eigenvalue weighted by Crippen LogP contribution is -2.15. The van der Waals surface area contributed by atoms with Crippen LogP contribution < -0.4 is 4.74 Å². The van der Waals surface area contributed by atoms with Gasteiger partial charge in [-0.3, -0.25) is 0 Å². The van der Waals surface area contributed by atoms with Crippen LogP contribution in [0, 0.1) is 0 Å². The molecule has 1 aromatic carbocycles. The fraction of sp³-hybridized carbons (Fsp3) is 0.143. The minimum atomic E-state index is -3.67. The van der Waals surface area contributed by atoms with Gasteiger partial charge in [0.2, 0.25) is 0 Å². The van der Waals surface area contributed by atoms with Crippen molar-refractivity contribution in [2.24, 2.45) is 0 Å². The molecule has 0 saturated heterocycles. The summed E-state index contributed by atoms with van der Waals surface area (Å²) in [5.74, 6) is -0.00456. The molecule has 0 unspecified atom stereocenters. The van der Waals surface area contributed by atoms with Crippen LogP contribution in [-0.2, 0) is 0 Å². The Kier molecular flexibility index (Phi) is 3.54. The third-order valence-corrected chi connectivity index (χ3v) is 3.08. The lowest BCUT2D eigenvalue weighted by atomic mass is 10.3. The van der Waals surface area contributed by atoms with Crippen LogP contribution in [0.25, 0.3) is 0 Å². The highest BCUT2D eigenvalue weighted by Gasteiger charge is 2.27. The third-order valence-electron chi connectivity index (χ3n) is 1.12. The first kappa shape index (κ1) is 11.2. The van der Waals surface area contributed by atoms with Crippen LogP contribution in [0.4, 0.5) is 8.78 Å². The number of hydrogen-bond acceptors (Lipinski definition) is 1. The fourth-order valence-electron chi connectivity index (χ4n) is 0.674. The first-order valence-corrected chi connectivity index (χ1v) is 5.06. The molecule has 1 aromatic rings. The summed E-state index contributed by atoms with van der Waals surface area (Å²) in [5.41, 5.74) is -3.67. The van der Waals surface area contributed by atoms with Gasteiger partial charge in [-0.15, -0.1) is 8.78 Å². The molecule has 0 aromatic heterocycles. The van der Waals surface area contributed by atoms with Gasteiger partial charge in [-0.05, 0) is 50.1 Å². The van der Waals surface area contributed by atoms with Gasteiger partial charge in [0.1, 0.15) is 5.75 Å². The van der Waals surface area contributed by atoms with Gasteiger partial charge in [0.05, 0.1) is 0 Å². The van der Waals surface area contributed by atoms with E-state index in [9.17, 15) is 8.78 Å². The van der Waals surface area contributed by atoms with Gasteiger partial charge in [-0.2, -0.15) is 0 Å². The summed E-state index contributed by atoms with van der Waals surface area (Å²) in [4.78, 5) is 0. The molecule has 0 heterocycles. The van der Waals surface area contributed by atoms with Gasteiger partial charge >= 0.3 is 5.57 Å². The summed E-state index contributed by atoms with van der Waals surface area (Å²) in [6.45, 7) is 0. The van der Waals surface area contributed by atoms with Crippen molar-refractivity contribution in [2.75, 3.05) is 0 Å². The Morgan fingerprint density at radius 1 is 1.23 bits per heavy atom.